The van der Waals surface area contributed by atoms with E-state index in [4.69, 9.17) is 16.3 Å². The smallest absolute Gasteiger partial charge is 0.338 e. The van der Waals surface area contributed by atoms with Crippen LogP contribution in [0.1, 0.15) is 27.0 Å². The molecule has 1 aromatic rings. The van der Waals surface area contributed by atoms with Gasteiger partial charge in [-0.15, -0.1) is 0 Å². The quantitative estimate of drug-likeness (QED) is 0.558. The number of hydrogen-bond acceptors (Lipinski definition) is 5. The highest BCUT2D eigenvalue weighted by atomic mass is 16.5. The van der Waals surface area contributed by atoms with Crippen LogP contribution in [0.25, 0.3) is 0 Å². The van der Waals surface area contributed by atoms with Crippen LogP contribution < -0.4 is 5.73 Å². The number of rotatable bonds is 1. The van der Waals surface area contributed by atoms with Crippen LogP contribution in [-0.4, -0.2) is 13.1 Å². The standard InChI is InChI=1S/C11H9N3O2/c1-6-8(11(15)16-2)3-7(4-12)10(14)9(6)5-13/h3H,14H2,1-2H3. The maximum atomic E-state index is 11.4. The van der Waals surface area contributed by atoms with E-state index in [2.05, 4.69) is 4.74 Å². The van der Waals surface area contributed by atoms with E-state index in [0.717, 1.165) is 0 Å². The van der Waals surface area contributed by atoms with E-state index in [-0.39, 0.29) is 22.4 Å². The molecule has 0 spiro atoms. The van der Waals surface area contributed by atoms with Gasteiger partial charge in [0.25, 0.3) is 0 Å². The lowest BCUT2D eigenvalue weighted by Crippen LogP contribution is -2.08. The first kappa shape index (κ1) is 11.5. The first-order valence-corrected chi connectivity index (χ1v) is 4.38. The molecular weight excluding hydrogens is 206 g/mol. The molecule has 1 aromatic carbocycles. The SMILES string of the molecule is COC(=O)c1cc(C#N)c(N)c(C#N)c1C. The Kier molecular flexibility index (Phi) is 3.12. The van der Waals surface area contributed by atoms with Gasteiger partial charge in [-0.3, -0.25) is 0 Å². The van der Waals surface area contributed by atoms with Crippen LogP contribution >= 0.6 is 0 Å². The van der Waals surface area contributed by atoms with Gasteiger partial charge in [-0.05, 0) is 18.6 Å². The van der Waals surface area contributed by atoms with Gasteiger partial charge in [0.2, 0.25) is 0 Å². The summed E-state index contributed by atoms with van der Waals surface area (Å²) in [6.07, 6.45) is 0. The molecule has 0 aliphatic rings. The van der Waals surface area contributed by atoms with Gasteiger partial charge in [0, 0.05) is 0 Å². The van der Waals surface area contributed by atoms with Crippen molar-refractivity contribution in [3.8, 4) is 12.1 Å². The molecular formula is C11H9N3O2. The number of nitrogens with two attached hydrogens (primary N) is 1. The Bertz CT molecular complexity index is 536. The normalized spacial score (nSPS) is 9.00. The minimum Gasteiger partial charge on any atom is -0.465 e. The van der Waals surface area contributed by atoms with Crippen LogP contribution in [-0.2, 0) is 4.74 Å². The Balaban J connectivity index is 3.62. The zero-order valence-electron chi connectivity index (χ0n) is 8.87. The van der Waals surface area contributed by atoms with Crippen molar-refractivity contribution in [1.29, 1.82) is 10.5 Å². The number of methoxy groups -OCH3 is 1. The van der Waals surface area contributed by atoms with Crippen LogP contribution in [0.5, 0.6) is 0 Å². The summed E-state index contributed by atoms with van der Waals surface area (Å²) in [7, 11) is 1.23. The average Bonchev–Trinajstić information content (AvgIpc) is 2.29. The van der Waals surface area contributed by atoms with Crippen LogP contribution in [0.3, 0.4) is 0 Å². The van der Waals surface area contributed by atoms with Crippen molar-refractivity contribution in [2.75, 3.05) is 12.8 Å². The molecule has 0 aromatic heterocycles. The number of esters is 1. The number of hydrogen-bond donors (Lipinski definition) is 1. The largest absolute Gasteiger partial charge is 0.465 e. The number of nitrogens with zero attached hydrogens (tertiary/aromatic N) is 2. The summed E-state index contributed by atoms with van der Waals surface area (Å²) in [5.41, 5.74) is 6.56. The van der Waals surface area contributed by atoms with Gasteiger partial charge < -0.3 is 10.5 Å². The molecule has 0 bridgehead atoms. The summed E-state index contributed by atoms with van der Waals surface area (Å²) < 4.78 is 4.56. The third-order valence-electron chi connectivity index (χ3n) is 2.26. The molecule has 0 atom stereocenters. The van der Waals surface area contributed by atoms with Crippen molar-refractivity contribution in [1.82, 2.24) is 0 Å². The number of carbonyl (C=O) groups is 1. The molecule has 0 heterocycles. The summed E-state index contributed by atoms with van der Waals surface area (Å²) in [6, 6.07) is 5.04. The summed E-state index contributed by atoms with van der Waals surface area (Å²) in [5, 5.41) is 17.7. The lowest BCUT2D eigenvalue weighted by Gasteiger charge is -2.09. The molecule has 5 nitrogen and oxygen atoms in total. The highest BCUT2D eigenvalue weighted by Crippen LogP contribution is 2.24. The third kappa shape index (κ3) is 1.67. The highest BCUT2D eigenvalue weighted by Gasteiger charge is 2.17. The lowest BCUT2D eigenvalue weighted by molar-refractivity contribution is 0.0600. The number of nitriles is 2. The zero-order valence-corrected chi connectivity index (χ0v) is 8.87. The van der Waals surface area contributed by atoms with Gasteiger partial charge in [-0.25, -0.2) is 4.79 Å². The predicted molar refractivity (Wildman–Crippen MR) is 56.4 cm³/mol. The number of anilines is 1. The molecule has 0 saturated heterocycles. The van der Waals surface area contributed by atoms with Gasteiger partial charge in [0.05, 0.1) is 29.5 Å². The van der Waals surface area contributed by atoms with E-state index in [1.165, 1.54) is 13.2 Å². The Labute approximate surface area is 92.7 Å². The van der Waals surface area contributed by atoms with Crippen LogP contribution in [0.2, 0.25) is 0 Å². The van der Waals surface area contributed by atoms with Crippen molar-refractivity contribution < 1.29 is 9.53 Å². The molecule has 80 valence electrons. The Morgan fingerprint density at radius 2 is 2.06 bits per heavy atom. The van der Waals surface area contributed by atoms with Crippen molar-refractivity contribution >= 4 is 11.7 Å². The maximum absolute atomic E-state index is 11.4. The molecule has 0 aliphatic carbocycles. The molecule has 0 radical (unpaired) electrons. The fourth-order valence-electron chi connectivity index (χ4n) is 1.36. The van der Waals surface area contributed by atoms with Gasteiger partial charge in [0.1, 0.15) is 12.1 Å². The topological polar surface area (TPSA) is 99.9 Å². The lowest BCUT2D eigenvalue weighted by atomic mass is 9.97. The second-order valence-corrected chi connectivity index (χ2v) is 3.10. The predicted octanol–water partition coefficient (Wildman–Crippen LogP) is 1.11. The first-order valence-electron chi connectivity index (χ1n) is 4.38. The average molecular weight is 215 g/mol. The Hall–Kier alpha value is -2.53. The van der Waals surface area contributed by atoms with Gasteiger partial charge in [0.15, 0.2) is 0 Å². The van der Waals surface area contributed by atoms with E-state index in [1.54, 1.807) is 6.92 Å². The number of benzene rings is 1. The van der Waals surface area contributed by atoms with E-state index >= 15 is 0 Å². The molecule has 1 rings (SSSR count). The molecule has 0 unspecified atom stereocenters. The second-order valence-electron chi connectivity index (χ2n) is 3.10. The van der Waals surface area contributed by atoms with E-state index in [1.807, 2.05) is 12.1 Å². The number of carbonyl (C=O) groups excluding carboxylic acids is 1. The van der Waals surface area contributed by atoms with Crippen LogP contribution in [0.4, 0.5) is 5.69 Å². The van der Waals surface area contributed by atoms with Gasteiger partial charge in [-0.2, -0.15) is 10.5 Å². The van der Waals surface area contributed by atoms with E-state index in [0.29, 0.717) is 5.56 Å². The summed E-state index contributed by atoms with van der Waals surface area (Å²) in [5.74, 6) is -0.592. The zero-order chi connectivity index (χ0) is 12.3. The van der Waals surface area contributed by atoms with E-state index in [9.17, 15) is 4.79 Å². The molecule has 0 aliphatic heterocycles. The molecule has 16 heavy (non-hydrogen) atoms. The fraction of sp³-hybridized carbons (Fsp3) is 0.182. The molecule has 0 fully saturated rings. The first-order chi connectivity index (χ1) is 7.56. The highest BCUT2D eigenvalue weighted by molar-refractivity contribution is 5.93. The van der Waals surface area contributed by atoms with Gasteiger partial charge in [-0.1, -0.05) is 0 Å². The number of nitrogen functional groups attached to an aromatic ring is 1. The summed E-state index contributed by atoms with van der Waals surface area (Å²) in [6.45, 7) is 1.59. The Morgan fingerprint density at radius 1 is 1.44 bits per heavy atom. The summed E-state index contributed by atoms with van der Waals surface area (Å²) >= 11 is 0. The maximum Gasteiger partial charge on any atom is 0.338 e. The monoisotopic (exact) mass is 215 g/mol. The molecule has 2 N–H and O–H groups in total. The molecule has 0 saturated carbocycles. The van der Waals surface area contributed by atoms with Crippen LogP contribution in [0, 0.1) is 29.6 Å². The van der Waals surface area contributed by atoms with Crippen LogP contribution in [0.15, 0.2) is 6.07 Å². The van der Waals surface area contributed by atoms with Crippen molar-refractivity contribution in [3.05, 3.63) is 28.3 Å². The third-order valence-corrected chi connectivity index (χ3v) is 2.26. The second kappa shape index (κ2) is 4.33. The van der Waals surface area contributed by atoms with Crippen molar-refractivity contribution in [2.45, 2.75) is 6.92 Å². The van der Waals surface area contributed by atoms with Crippen molar-refractivity contribution in [3.63, 3.8) is 0 Å². The number of ether oxygens (including phenoxy) is 1. The van der Waals surface area contributed by atoms with Crippen molar-refractivity contribution in [2.24, 2.45) is 0 Å². The summed E-state index contributed by atoms with van der Waals surface area (Å²) in [4.78, 5) is 11.4. The minimum absolute atomic E-state index is 0.0927. The molecule has 0 amide bonds. The van der Waals surface area contributed by atoms with E-state index < -0.39 is 5.97 Å². The molecule has 5 heteroatoms. The minimum atomic E-state index is -0.592. The Morgan fingerprint density at radius 3 is 2.50 bits per heavy atom. The van der Waals surface area contributed by atoms with Gasteiger partial charge >= 0.3 is 5.97 Å². The fourth-order valence-corrected chi connectivity index (χ4v) is 1.36.